The molecule has 18 heavy (non-hydrogen) atoms. The van der Waals surface area contributed by atoms with E-state index in [1.807, 2.05) is 11.8 Å². The van der Waals surface area contributed by atoms with Crippen LogP contribution in [0.4, 0.5) is 11.5 Å². The third-order valence-electron chi connectivity index (χ3n) is 2.53. The molecule has 6 heteroatoms. The van der Waals surface area contributed by atoms with Gasteiger partial charge in [0.1, 0.15) is 5.82 Å². The molecule has 0 aliphatic rings. The maximum absolute atomic E-state index is 11.2. The van der Waals surface area contributed by atoms with E-state index in [2.05, 4.69) is 16.6 Å². The lowest BCUT2D eigenvalue weighted by Crippen LogP contribution is -2.16. The summed E-state index contributed by atoms with van der Waals surface area (Å²) in [6.07, 6.45) is 7.10. The van der Waals surface area contributed by atoms with E-state index in [9.17, 15) is 4.79 Å². The van der Waals surface area contributed by atoms with Crippen molar-refractivity contribution in [2.45, 2.75) is 19.3 Å². The van der Waals surface area contributed by atoms with Crippen LogP contribution in [-0.2, 0) is 0 Å². The predicted octanol–water partition coefficient (Wildman–Crippen LogP) is 1.71. The average Bonchev–Trinajstić information content (AvgIpc) is 2.35. The molecule has 1 heterocycles. The fourth-order valence-electron chi connectivity index (χ4n) is 1.59. The van der Waals surface area contributed by atoms with Crippen LogP contribution < -0.4 is 16.8 Å². The topological polar surface area (TPSA) is 94.0 Å². The van der Waals surface area contributed by atoms with Crippen molar-refractivity contribution in [3.8, 4) is 0 Å². The van der Waals surface area contributed by atoms with Crippen LogP contribution in [0.2, 0.25) is 0 Å². The van der Waals surface area contributed by atoms with Crippen molar-refractivity contribution in [3.05, 3.63) is 17.8 Å². The summed E-state index contributed by atoms with van der Waals surface area (Å²) in [4.78, 5) is 15.2. The molecule has 0 spiro atoms. The number of nitrogen functional groups attached to an aromatic ring is 1. The molecular formula is C12H20N4OS. The Hall–Kier alpha value is -1.43. The zero-order valence-corrected chi connectivity index (χ0v) is 11.4. The first-order valence-electron chi connectivity index (χ1n) is 5.93. The molecule has 0 atom stereocenters. The number of hydrogen-bond acceptors (Lipinski definition) is 5. The van der Waals surface area contributed by atoms with Crippen LogP contribution in [-0.4, -0.2) is 29.4 Å². The predicted molar refractivity (Wildman–Crippen MR) is 77.9 cm³/mol. The standard InChI is InChI=1S/C12H20N4OS/c1-18-6-4-2-3-5-15-10-8-16-11(13)7-9(10)12(14)17/h7-8,15H,2-6H2,1H3,(H2,13,16)(H2,14,17). The van der Waals surface area contributed by atoms with Gasteiger partial charge in [-0.05, 0) is 30.9 Å². The minimum atomic E-state index is -0.492. The number of nitrogens with zero attached hydrogens (tertiary/aromatic N) is 1. The van der Waals surface area contributed by atoms with Crippen molar-refractivity contribution in [3.63, 3.8) is 0 Å². The monoisotopic (exact) mass is 268 g/mol. The molecule has 0 radical (unpaired) electrons. The molecule has 0 saturated heterocycles. The lowest BCUT2D eigenvalue weighted by atomic mass is 10.2. The molecule has 0 fully saturated rings. The van der Waals surface area contributed by atoms with Gasteiger partial charge in [0.2, 0.25) is 0 Å². The third kappa shape index (κ3) is 4.83. The highest BCUT2D eigenvalue weighted by molar-refractivity contribution is 7.98. The summed E-state index contributed by atoms with van der Waals surface area (Å²) in [5, 5.41) is 3.17. The Morgan fingerprint density at radius 2 is 2.22 bits per heavy atom. The normalized spacial score (nSPS) is 10.3. The fourth-order valence-corrected chi connectivity index (χ4v) is 2.08. The van der Waals surface area contributed by atoms with E-state index < -0.39 is 5.91 Å². The molecule has 0 aliphatic carbocycles. The number of thioether (sulfide) groups is 1. The van der Waals surface area contributed by atoms with Crippen LogP contribution in [0.25, 0.3) is 0 Å². The molecule has 1 rings (SSSR count). The third-order valence-corrected chi connectivity index (χ3v) is 3.23. The fraction of sp³-hybridized carbons (Fsp3) is 0.500. The number of anilines is 2. The number of nitrogens with two attached hydrogens (primary N) is 2. The number of amides is 1. The highest BCUT2D eigenvalue weighted by Gasteiger charge is 2.08. The van der Waals surface area contributed by atoms with Crippen molar-refractivity contribution in [1.82, 2.24) is 4.98 Å². The van der Waals surface area contributed by atoms with Crippen LogP contribution in [0, 0.1) is 0 Å². The minimum Gasteiger partial charge on any atom is -0.384 e. The summed E-state index contributed by atoms with van der Waals surface area (Å²) >= 11 is 1.86. The van der Waals surface area contributed by atoms with Gasteiger partial charge in [-0.3, -0.25) is 4.79 Å². The van der Waals surface area contributed by atoms with Crippen LogP contribution in [0.3, 0.4) is 0 Å². The number of pyridine rings is 1. The van der Waals surface area contributed by atoms with Gasteiger partial charge in [-0.25, -0.2) is 4.98 Å². The number of rotatable bonds is 8. The van der Waals surface area contributed by atoms with Crippen molar-refractivity contribution in [2.75, 3.05) is 29.6 Å². The molecule has 0 bridgehead atoms. The summed E-state index contributed by atoms with van der Waals surface area (Å²) in [5.74, 6) is 0.999. The molecule has 100 valence electrons. The van der Waals surface area contributed by atoms with E-state index in [0.717, 1.165) is 13.0 Å². The number of hydrogen-bond donors (Lipinski definition) is 3. The summed E-state index contributed by atoms with van der Waals surface area (Å²) < 4.78 is 0. The second-order valence-corrected chi connectivity index (χ2v) is 4.98. The van der Waals surface area contributed by atoms with E-state index in [1.54, 1.807) is 6.20 Å². The van der Waals surface area contributed by atoms with Gasteiger partial charge in [0, 0.05) is 6.54 Å². The SMILES string of the molecule is CSCCCCCNc1cnc(N)cc1C(N)=O. The highest BCUT2D eigenvalue weighted by atomic mass is 32.2. The Morgan fingerprint density at radius 1 is 1.44 bits per heavy atom. The van der Waals surface area contributed by atoms with Crippen molar-refractivity contribution in [2.24, 2.45) is 5.73 Å². The maximum Gasteiger partial charge on any atom is 0.250 e. The van der Waals surface area contributed by atoms with Crippen LogP contribution in [0.5, 0.6) is 0 Å². The summed E-state index contributed by atoms with van der Waals surface area (Å²) in [6.45, 7) is 0.806. The first-order chi connectivity index (χ1) is 8.65. The minimum absolute atomic E-state index is 0.300. The first kappa shape index (κ1) is 14.6. The van der Waals surface area contributed by atoms with Crippen LogP contribution >= 0.6 is 11.8 Å². The zero-order valence-electron chi connectivity index (χ0n) is 10.6. The number of primary amides is 1. The van der Waals surface area contributed by atoms with Crippen LogP contribution in [0.15, 0.2) is 12.3 Å². The van der Waals surface area contributed by atoms with Crippen LogP contribution in [0.1, 0.15) is 29.6 Å². The quantitative estimate of drug-likeness (QED) is 0.624. The van der Waals surface area contributed by atoms with E-state index in [0.29, 0.717) is 17.1 Å². The van der Waals surface area contributed by atoms with E-state index >= 15 is 0 Å². The van der Waals surface area contributed by atoms with Crippen molar-refractivity contribution in [1.29, 1.82) is 0 Å². The number of carbonyl (C=O) groups excluding carboxylic acids is 1. The van der Waals surface area contributed by atoms with Crippen molar-refractivity contribution < 1.29 is 4.79 Å². The molecule has 0 aliphatic heterocycles. The van der Waals surface area contributed by atoms with Gasteiger partial charge in [0.15, 0.2) is 0 Å². The molecular weight excluding hydrogens is 248 g/mol. The lowest BCUT2D eigenvalue weighted by molar-refractivity contribution is 0.100. The number of aromatic nitrogens is 1. The summed E-state index contributed by atoms with van der Waals surface area (Å²) in [7, 11) is 0. The molecule has 1 aromatic heterocycles. The van der Waals surface area contributed by atoms with Gasteiger partial charge >= 0.3 is 0 Å². The van der Waals surface area contributed by atoms with Gasteiger partial charge in [-0.1, -0.05) is 6.42 Å². The number of nitrogens with one attached hydrogen (secondary N) is 1. The van der Waals surface area contributed by atoms with E-state index in [-0.39, 0.29) is 0 Å². The Balaban J connectivity index is 2.44. The Morgan fingerprint density at radius 3 is 2.89 bits per heavy atom. The van der Waals surface area contributed by atoms with Gasteiger partial charge in [0.25, 0.3) is 5.91 Å². The van der Waals surface area contributed by atoms with Gasteiger partial charge < -0.3 is 16.8 Å². The Labute approximate surface area is 112 Å². The van der Waals surface area contributed by atoms with Gasteiger partial charge in [-0.2, -0.15) is 11.8 Å². The smallest absolute Gasteiger partial charge is 0.250 e. The summed E-state index contributed by atoms with van der Waals surface area (Å²) in [5.41, 5.74) is 11.9. The lowest BCUT2D eigenvalue weighted by Gasteiger charge is -2.09. The number of unbranched alkanes of at least 4 members (excludes halogenated alkanes) is 2. The van der Waals surface area contributed by atoms with Gasteiger partial charge in [-0.15, -0.1) is 0 Å². The number of carbonyl (C=O) groups is 1. The molecule has 0 unspecified atom stereocenters. The maximum atomic E-state index is 11.2. The second kappa shape index (κ2) is 7.81. The highest BCUT2D eigenvalue weighted by Crippen LogP contribution is 2.16. The molecule has 5 N–H and O–H groups in total. The molecule has 0 aromatic carbocycles. The van der Waals surface area contributed by atoms with E-state index in [4.69, 9.17) is 11.5 Å². The Kier molecular flexibility index (Phi) is 6.35. The summed E-state index contributed by atoms with van der Waals surface area (Å²) in [6, 6.07) is 1.50. The Bertz CT molecular complexity index is 398. The van der Waals surface area contributed by atoms with Crippen molar-refractivity contribution >= 4 is 29.2 Å². The second-order valence-electron chi connectivity index (χ2n) is 4.00. The molecule has 5 nitrogen and oxygen atoms in total. The van der Waals surface area contributed by atoms with E-state index in [1.165, 1.54) is 24.7 Å². The van der Waals surface area contributed by atoms with Gasteiger partial charge in [0.05, 0.1) is 17.4 Å². The molecule has 1 amide bonds. The molecule has 0 saturated carbocycles. The largest absolute Gasteiger partial charge is 0.384 e. The first-order valence-corrected chi connectivity index (χ1v) is 7.32. The average molecular weight is 268 g/mol. The molecule has 1 aromatic rings. The zero-order chi connectivity index (χ0) is 13.4.